The standard InChI is InChI=1S/C22H22FN7.C2H6/c1-11-5-4-6-12(2)17(11)22-26-18(14-8-24-9-14)13(3)19(28-22)27-21-16-7-15(23)10-25-20(16)29-30-21;1-2/h4-7,10,14,24H,8-9H2,1-3H3,(H2,25,26,27,28,29,30);1-2H3. The lowest BCUT2D eigenvalue weighted by atomic mass is 9.94. The van der Waals surface area contributed by atoms with Crippen LogP contribution in [0.4, 0.5) is 16.0 Å². The molecule has 0 spiro atoms. The molecule has 0 aliphatic carbocycles. The largest absolute Gasteiger partial charge is 0.324 e. The van der Waals surface area contributed by atoms with Crippen molar-refractivity contribution in [1.82, 2.24) is 30.5 Å². The normalized spacial score (nSPS) is 13.4. The number of nitrogens with one attached hydrogen (secondary N) is 3. The number of nitrogens with zero attached hydrogens (tertiary/aromatic N) is 4. The van der Waals surface area contributed by atoms with Crippen LogP contribution in [0.15, 0.2) is 30.5 Å². The van der Waals surface area contributed by atoms with E-state index in [-0.39, 0.29) is 0 Å². The quantitative estimate of drug-likeness (QED) is 0.422. The highest BCUT2D eigenvalue weighted by molar-refractivity contribution is 5.89. The monoisotopic (exact) mass is 433 g/mol. The Bertz CT molecular complexity index is 1240. The first-order valence-electron chi connectivity index (χ1n) is 10.9. The van der Waals surface area contributed by atoms with Crippen molar-refractivity contribution in [2.45, 2.75) is 40.5 Å². The molecule has 1 saturated heterocycles. The number of aromatic nitrogens is 5. The summed E-state index contributed by atoms with van der Waals surface area (Å²) in [5.74, 6) is 1.86. The van der Waals surface area contributed by atoms with Crippen LogP contribution < -0.4 is 10.6 Å². The van der Waals surface area contributed by atoms with Crippen LogP contribution in [0.25, 0.3) is 22.4 Å². The van der Waals surface area contributed by atoms with Crippen molar-refractivity contribution in [3.05, 3.63) is 58.7 Å². The Balaban J connectivity index is 0.00000119. The summed E-state index contributed by atoms with van der Waals surface area (Å²) in [6.45, 7) is 11.9. The molecule has 5 rings (SSSR count). The van der Waals surface area contributed by atoms with E-state index < -0.39 is 5.82 Å². The minimum Gasteiger partial charge on any atom is -0.324 e. The third kappa shape index (κ3) is 3.93. The molecule has 0 unspecified atom stereocenters. The summed E-state index contributed by atoms with van der Waals surface area (Å²) in [4.78, 5) is 13.9. The zero-order chi connectivity index (χ0) is 22.8. The predicted octanol–water partition coefficient (Wildman–Crippen LogP) is 4.94. The predicted molar refractivity (Wildman–Crippen MR) is 126 cm³/mol. The van der Waals surface area contributed by atoms with Gasteiger partial charge in [0, 0.05) is 30.1 Å². The van der Waals surface area contributed by atoms with Crippen molar-refractivity contribution in [2.75, 3.05) is 18.4 Å². The fourth-order valence-corrected chi connectivity index (χ4v) is 3.90. The van der Waals surface area contributed by atoms with E-state index in [0.717, 1.165) is 47.2 Å². The number of fused-ring (bicyclic) bond motifs is 1. The maximum Gasteiger partial charge on any atom is 0.183 e. The van der Waals surface area contributed by atoms with Gasteiger partial charge in [-0.3, -0.25) is 5.10 Å². The SMILES string of the molecule is CC.Cc1cccc(C)c1-c1nc(Nc2[nH]nc3ncc(F)cc23)c(C)c(C2CNC2)n1. The average Bonchev–Trinajstić information content (AvgIpc) is 3.13. The van der Waals surface area contributed by atoms with Gasteiger partial charge in [0.25, 0.3) is 0 Å². The van der Waals surface area contributed by atoms with E-state index in [1.54, 1.807) is 0 Å². The van der Waals surface area contributed by atoms with Crippen LogP contribution in [-0.2, 0) is 0 Å². The minimum absolute atomic E-state index is 0.342. The lowest BCUT2D eigenvalue weighted by Crippen LogP contribution is -2.41. The summed E-state index contributed by atoms with van der Waals surface area (Å²) in [7, 11) is 0. The van der Waals surface area contributed by atoms with E-state index in [4.69, 9.17) is 9.97 Å². The van der Waals surface area contributed by atoms with Gasteiger partial charge < -0.3 is 10.6 Å². The van der Waals surface area contributed by atoms with E-state index in [1.807, 2.05) is 26.8 Å². The van der Waals surface area contributed by atoms with Crippen molar-refractivity contribution >= 4 is 22.7 Å². The highest BCUT2D eigenvalue weighted by atomic mass is 19.1. The van der Waals surface area contributed by atoms with Crippen LogP contribution in [-0.4, -0.2) is 38.2 Å². The molecule has 3 aromatic heterocycles. The van der Waals surface area contributed by atoms with Gasteiger partial charge in [0.05, 0.1) is 17.3 Å². The number of H-pyrrole nitrogens is 1. The number of aromatic amines is 1. The second kappa shape index (κ2) is 9.00. The molecule has 0 bridgehead atoms. The molecule has 7 nitrogen and oxygen atoms in total. The molecule has 3 N–H and O–H groups in total. The topological polar surface area (TPSA) is 91.4 Å². The second-order valence-corrected chi connectivity index (χ2v) is 7.78. The van der Waals surface area contributed by atoms with E-state index in [1.165, 1.54) is 6.07 Å². The smallest absolute Gasteiger partial charge is 0.183 e. The zero-order valence-electron chi connectivity index (χ0n) is 19.0. The third-order valence-corrected chi connectivity index (χ3v) is 5.68. The summed E-state index contributed by atoms with van der Waals surface area (Å²) in [5, 5.41) is 14.3. The van der Waals surface area contributed by atoms with Crippen LogP contribution in [0.1, 0.15) is 42.1 Å². The number of aryl methyl sites for hydroxylation is 2. The fraction of sp³-hybridized carbons (Fsp3) is 0.333. The van der Waals surface area contributed by atoms with Gasteiger partial charge in [0.1, 0.15) is 17.5 Å². The highest BCUT2D eigenvalue weighted by Gasteiger charge is 2.26. The molecule has 0 saturated carbocycles. The third-order valence-electron chi connectivity index (χ3n) is 5.68. The van der Waals surface area contributed by atoms with Gasteiger partial charge in [-0.15, -0.1) is 0 Å². The number of benzene rings is 1. The van der Waals surface area contributed by atoms with Crippen LogP contribution in [0.5, 0.6) is 0 Å². The van der Waals surface area contributed by atoms with Crippen LogP contribution in [0, 0.1) is 26.6 Å². The number of hydrogen-bond donors (Lipinski definition) is 3. The van der Waals surface area contributed by atoms with Gasteiger partial charge >= 0.3 is 0 Å². The zero-order valence-corrected chi connectivity index (χ0v) is 19.0. The molecule has 1 aliphatic heterocycles. The van der Waals surface area contributed by atoms with E-state index >= 15 is 0 Å². The van der Waals surface area contributed by atoms with E-state index in [0.29, 0.717) is 34.4 Å². The summed E-state index contributed by atoms with van der Waals surface area (Å²) in [5.41, 5.74) is 5.74. The van der Waals surface area contributed by atoms with Crippen molar-refractivity contribution in [1.29, 1.82) is 0 Å². The average molecular weight is 434 g/mol. The Morgan fingerprint density at radius 2 is 1.78 bits per heavy atom. The number of hydrogen-bond acceptors (Lipinski definition) is 6. The van der Waals surface area contributed by atoms with E-state index in [2.05, 4.69) is 51.8 Å². The van der Waals surface area contributed by atoms with Gasteiger partial charge in [0.2, 0.25) is 0 Å². The maximum atomic E-state index is 13.7. The van der Waals surface area contributed by atoms with Gasteiger partial charge in [0.15, 0.2) is 11.5 Å². The first-order valence-corrected chi connectivity index (χ1v) is 10.9. The summed E-state index contributed by atoms with van der Waals surface area (Å²) in [6.07, 6.45) is 1.16. The Morgan fingerprint density at radius 1 is 1.06 bits per heavy atom. The van der Waals surface area contributed by atoms with Gasteiger partial charge in [-0.05, 0) is 38.0 Å². The van der Waals surface area contributed by atoms with Crippen molar-refractivity contribution in [3.8, 4) is 11.4 Å². The Kier molecular flexibility index (Phi) is 6.14. The van der Waals surface area contributed by atoms with Crippen molar-refractivity contribution < 1.29 is 4.39 Å². The van der Waals surface area contributed by atoms with Gasteiger partial charge in [-0.2, -0.15) is 5.10 Å². The molecular formula is C24H28FN7. The highest BCUT2D eigenvalue weighted by Crippen LogP contribution is 2.33. The molecule has 1 aliphatic rings. The molecule has 8 heteroatoms. The van der Waals surface area contributed by atoms with Crippen LogP contribution >= 0.6 is 0 Å². The molecule has 0 amide bonds. The van der Waals surface area contributed by atoms with Gasteiger partial charge in [-0.25, -0.2) is 19.3 Å². The first kappa shape index (κ1) is 21.8. The van der Waals surface area contributed by atoms with Crippen molar-refractivity contribution in [3.63, 3.8) is 0 Å². The molecule has 1 aromatic carbocycles. The molecule has 166 valence electrons. The minimum atomic E-state index is -0.413. The van der Waals surface area contributed by atoms with E-state index in [9.17, 15) is 4.39 Å². The molecule has 1 fully saturated rings. The Hall–Kier alpha value is -3.39. The second-order valence-electron chi connectivity index (χ2n) is 7.78. The summed E-state index contributed by atoms with van der Waals surface area (Å²) >= 11 is 0. The molecule has 4 aromatic rings. The van der Waals surface area contributed by atoms with Crippen LogP contribution in [0.2, 0.25) is 0 Å². The lowest BCUT2D eigenvalue weighted by Gasteiger charge is -2.29. The molecule has 0 radical (unpaired) electrons. The Morgan fingerprint density at radius 3 is 2.44 bits per heavy atom. The molecule has 32 heavy (non-hydrogen) atoms. The molecule has 0 atom stereocenters. The molecular weight excluding hydrogens is 405 g/mol. The fourth-order valence-electron chi connectivity index (χ4n) is 3.90. The number of halogens is 1. The summed E-state index contributed by atoms with van der Waals surface area (Å²) in [6, 6.07) is 7.59. The Labute approximate surface area is 186 Å². The van der Waals surface area contributed by atoms with Gasteiger partial charge in [-0.1, -0.05) is 32.0 Å². The molecule has 4 heterocycles. The number of rotatable bonds is 4. The lowest BCUT2D eigenvalue weighted by molar-refractivity contribution is 0.438. The number of anilines is 2. The summed E-state index contributed by atoms with van der Waals surface area (Å²) < 4.78 is 13.7. The maximum absolute atomic E-state index is 13.7. The van der Waals surface area contributed by atoms with Crippen molar-refractivity contribution in [2.24, 2.45) is 0 Å². The number of pyridine rings is 1. The first-order chi connectivity index (χ1) is 15.5. The van der Waals surface area contributed by atoms with Crippen LogP contribution in [0.3, 0.4) is 0 Å².